The summed E-state index contributed by atoms with van der Waals surface area (Å²) in [5, 5.41) is 13.6. The van der Waals surface area contributed by atoms with Crippen LogP contribution >= 0.6 is 0 Å². The molecule has 8 heteroatoms. The van der Waals surface area contributed by atoms with Crippen LogP contribution in [-0.2, 0) is 10.0 Å². The lowest BCUT2D eigenvalue weighted by Crippen LogP contribution is -2.36. The first kappa shape index (κ1) is 17.4. The Morgan fingerprint density at radius 1 is 1.33 bits per heavy atom. The zero-order chi connectivity index (χ0) is 16.2. The summed E-state index contributed by atoms with van der Waals surface area (Å²) in [7, 11) is -0.709. The second kappa shape index (κ2) is 6.86. The van der Waals surface area contributed by atoms with Crippen molar-refractivity contribution in [2.24, 2.45) is 0 Å². The largest absolute Gasteiger partial charge is 0.387 e. The van der Waals surface area contributed by atoms with Gasteiger partial charge in [-0.1, -0.05) is 13.8 Å². The van der Waals surface area contributed by atoms with Gasteiger partial charge in [-0.3, -0.25) is 10.1 Å². The average molecular weight is 315 g/mol. The number of nitro benzene ring substituents is 1. The highest BCUT2D eigenvalue weighted by molar-refractivity contribution is 7.89. The molecule has 0 amide bonds. The molecule has 1 N–H and O–H groups in total. The highest BCUT2D eigenvalue weighted by atomic mass is 32.2. The van der Waals surface area contributed by atoms with E-state index < -0.39 is 14.9 Å². The van der Waals surface area contributed by atoms with Crippen LogP contribution in [0.1, 0.15) is 26.7 Å². The number of non-ortho nitro benzene ring substituents is 1. The third-order valence-electron chi connectivity index (χ3n) is 3.56. The molecule has 1 aromatic carbocycles. The summed E-state index contributed by atoms with van der Waals surface area (Å²) in [5.41, 5.74) is 0.101. The summed E-state index contributed by atoms with van der Waals surface area (Å²) in [6.07, 6.45) is 1.35. The number of sulfonamides is 1. The lowest BCUT2D eigenvalue weighted by molar-refractivity contribution is -0.385. The van der Waals surface area contributed by atoms with Gasteiger partial charge in [0.25, 0.3) is 5.69 Å². The Labute approximate surface area is 125 Å². The molecule has 118 valence electrons. The molecule has 1 rings (SSSR count). The van der Waals surface area contributed by atoms with Crippen molar-refractivity contribution in [1.82, 2.24) is 4.31 Å². The first-order valence-corrected chi connectivity index (χ1v) is 8.17. The number of hydrogen-bond donors (Lipinski definition) is 1. The normalized spacial score (nSPS) is 11.9. The van der Waals surface area contributed by atoms with E-state index in [0.717, 1.165) is 6.07 Å². The molecule has 0 aromatic heterocycles. The minimum Gasteiger partial charge on any atom is -0.387 e. The van der Waals surface area contributed by atoms with Gasteiger partial charge in [0, 0.05) is 32.3 Å². The lowest BCUT2D eigenvalue weighted by Gasteiger charge is -2.26. The second-order valence-electron chi connectivity index (χ2n) is 4.68. The van der Waals surface area contributed by atoms with E-state index in [9.17, 15) is 18.5 Å². The minimum absolute atomic E-state index is 0.0754. The molecular weight excluding hydrogens is 294 g/mol. The molecule has 0 heterocycles. The van der Waals surface area contributed by atoms with E-state index in [1.165, 1.54) is 23.5 Å². The van der Waals surface area contributed by atoms with Crippen LogP contribution in [0.2, 0.25) is 0 Å². The van der Waals surface area contributed by atoms with Crippen molar-refractivity contribution < 1.29 is 13.3 Å². The monoisotopic (exact) mass is 315 g/mol. The minimum atomic E-state index is -3.79. The fraction of sp³-hybridized carbons (Fsp3) is 0.538. The SMILES string of the molecule is CCC(CC)N(C)S(=O)(=O)c1cc([N+](=O)[O-])ccc1NC. The Hall–Kier alpha value is -1.67. The maximum Gasteiger partial charge on any atom is 0.270 e. The summed E-state index contributed by atoms with van der Waals surface area (Å²) < 4.78 is 26.7. The molecule has 0 aliphatic rings. The molecular formula is C13H21N3O4S. The zero-order valence-electron chi connectivity index (χ0n) is 12.7. The van der Waals surface area contributed by atoms with E-state index in [1.807, 2.05) is 13.8 Å². The van der Waals surface area contributed by atoms with Crippen LogP contribution in [0.5, 0.6) is 0 Å². The number of rotatable bonds is 7. The van der Waals surface area contributed by atoms with E-state index in [-0.39, 0.29) is 16.6 Å². The molecule has 7 nitrogen and oxygen atoms in total. The third kappa shape index (κ3) is 3.51. The molecule has 0 aliphatic heterocycles. The molecule has 0 atom stereocenters. The lowest BCUT2D eigenvalue weighted by atomic mass is 10.2. The van der Waals surface area contributed by atoms with Crippen molar-refractivity contribution in [2.45, 2.75) is 37.6 Å². The van der Waals surface area contributed by atoms with E-state index in [1.54, 1.807) is 7.05 Å². The van der Waals surface area contributed by atoms with E-state index >= 15 is 0 Å². The van der Waals surface area contributed by atoms with Gasteiger partial charge in [-0.2, -0.15) is 4.31 Å². The molecule has 1 aromatic rings. The fourth-order valence-corrected chi connectivity index (χ4v) is 3.92. The van der Waals surface area contributed by atoms with Crippen molar-refractivity contribution in [3.63, 3.8) is 0 Å². The average Bonchev–Trinajstić information content (AvgIpc) is 2.47. The molecule has 0 radical (unpaired) electrons. The Bertz CT molecular complexity index is 612. The second-order valence-corrected chi connectivity index (χ2v) is 6.65. The number of nitro groups is 1. The van der Waals surface area contributed by atoms with Crippen molar-refractivity contribution in [3.8, 4) is 0 Å². The van der Waals surface area contributed by atoms with Crippen LogP contribution in [-0.4, -0.2) is 37.8 Å². The van der Waals surface area contributed by atoms with Crippen LogP contribution in [0.25, 0.3) is 0 Å². The van der Waals surface area contributed by atoms with Gasteiger partial charge < -0.3 is 5.32 Å². The molecule has 0 fully saturated rings. The number of anilines is 1. The Balaban J connectivity index is 3.41. The van der Waals surface area contributed by atoms with Gasteiger partial charge in [0.15, 0.2) is 0 Å². The molecule has 0 saturated heterocycles. The number of benzene rings is 1. The maximum absolute atomic E-state index is 12.7. The van der Waals surface area contributed by atoms with Gasteiger partial charge in [0.1, 0.15) is 4.90 Å². The highest BCUT2D eigenvalue weighted by Gasteiger charge is 2.29. The molecule has 0 spiro atoms. The van der Waals surface area contributed by atoms with Crippen molar-refractivity contribution >= 4 is 21.4 Å². The zero-order valence-corrected chi connectivity index (χ0v) is 13.5. The van der Waals surface area contributed by atoms with Crippen LogP contribution < -0.4 is 5.32 Å². The highest BCUT2D eigenvalue weighted by Crippen LogP contribution is 2.29. The van der Waals surface area contributed by atoms with Crippen LogP contribution in [0.3, 0.4) is 0 Å². The summed E-state index contributed by atoms with van der Waals surface area (Å²) >= 11 is 0. The molecule has 0 saturated carbocycles. The quantitative estimate of drug-likeness (QED) is 0.616. The van der Waals surface area contributed by atoms with Crippen LogP contribution in [0, 0.1) is 10.1 Å². The van der Waals surface area contributed by atoms with Crippen molar-refractivity contribution in [1.29, 1.82) is 0 Å². The van der Waals surface area contributed by atoms with Crippen LogP contribution in [0.4, 0.5) is 11.4 Å². The van der Waals surface area contributed by atoms with Gasteiger partial charge in [-0.05, 0) is 18.9 Å². The number of nitrogens with zero attached hydrogens (tertiary/aromatic N) is 2. The van der Waals surface area contributed by atoms with E-state index in [4.69, 9.17) is 0 Å². The van der Waals surface area contributed by atoms with Gasteiger partial charge in [-0.15, -0.1) is 0 Å². The van der Waals surface area contributed by atoms with Gasteiger partial charge in [0.05, 0.1) is 10.6 Å². The predicted molar refractivity (Wildman–Crippen MR) is 82.0 cm³/mol. The first-order valence-electron chi connectivity index (χ1n) is 6.73. The predicted octanol–water partition coefficient (Wildman–Crippen LogP) is 2.45. The molecule has 21 heavy (non-hydrogen) atoms. The van der Waals surface area contributed by atoms with Gasteiger partial charge in [0.2, 0.25) is 10.0 Å². The Morgan fingerprint density at radius 3 is 2.33 bits per heavy atom. The maximum atomic E-state index is 12.7. The van der Waals surface area contributed by atoms with E-state index in [2.05, 4.69) is 5.32 Å². The summed E-state index contributed by atoms with van der Waals surface area (Å²) in [4.78, 5) is 10.2. The molecule has 0 bridgehead atoms. The van der Waals surface area contributed by atoms with Crippen molar-refractivity contribution in [2.75, 3.05) is 19.4 Å². The smallest absolute Gasteiger partial charge is 0.270 e. The van der Waals surface area contributed by atoms with Crippen LogP contribution in [0.15, 0.2) is 23.1 Å². The number of hydrogen-bond acceptors (Lipinski definition) is 5. The summed E-state index contributed by atoms with van der Waals surface area (Å²) in [5.74, 6) is 0. The van der Waals surface area contributed by atoms with Crippen molar-refractivity contribution in [3.05, 3.63) is 28.3 Å². The molecule has 0 aliphatic carbocycles. The Kier molecular flexibility index (Phi) is 5.68. The fourth-order valence-electron chi connectivity index (χ4n) is 2.20. The molecule has 0 unspecified atom stereocenters. The first-order chi connectivity index (χ1) is 9.79. The summed E-state index contributed by atoms with van der Waals surface area (Å²) in [6.45, 7) is 3.82. The number of nitrogens with one attached hydrogen (secondary N) is 1. The van der Waals surface area contributed by atoms with Gasteiger partial charge in [-0.25, -0.2) is 8.42 Å². The standard InChI is InChI=1S/C13H21N3O4S/c1-5-10(6-2)15(4)21(19,20)13-9-11(16(17)18)7-8-12(13)14-3/h7-10,14H,5-6H2,1-4H3. The topological polar surface area (TPSA) is 92.5 Å². The third-order valence-corrected chi connectivity index (χ3v) is 5.51. The summed E-state index contributed by atoms with van der Waals surface area (Å²) in [6, 6.07) is 3.65. The van der Waals surface area contributed by atoms with E-state index in [0.29, 0.717) is 18.5 Å². The van der Waals surface area contributed by atoms with Gasteiger partial charge >= 0.3 is 0 Å². The Morgan fingerprint density at radius 2 is 1.90 bits per heavy atom.